The maximum Gasteiger partial charge on any atom is 0.418 e. The topological polar surface area (TPSA) is 47.6 Å². The van der Waals surface area contributed by atoms with E-state index in [0.717, 1.165) is 12.5 Å². The van der Waals surface area contributed by atoms with Crippen LogP contribution in [-0.2, 0) is 10.9 Å². The third kappa shape index (κ3) is 5.08. The smallest absolute Gasteiger partial charge is 0.385 e. The van der Waals surface area contributed by atoms with E-state index in [1.165, 1.54) is 12.1 Å². The fraction of sp³-hybridized carbons (Fsp3) is 0.417. The maximum absolute atomic E-state index is 12.8. The standard InChI is InChI=1S/C12H14ClF3N2O/c1-2-5-19-7-11(17)18-10-4-3-8(13)6-9(10)12(14,15)16/h3-4,6H,2,5,7H2,1H3,(H2,17,18). The number of hydrogen-bond acceptors (Lipinski definition) is 2. The molecular weight excluding hydrogens is 281 g/mol. The first-order valence-electron chi connectivity index (χ1n) is 5.62. The third-order valence-electron chi connectivity index (χ3n) is 2.13. The van der Waals surface area contributed by atoms with Crippen LogP contribution in [0.15, 0.2) is 23.2 Å². The molecule has 0 unspecified atom stereocenters. The van der Waals surface area contributed by atoms with E-state index in [0.29, 0.717) is 6.61 Å². The fourth-order valence-electron chi connectivity index (χ4n) is 1.34. The van der Waals surface area contributed by atoms with Gasteiger partial charge < -0.3 is 10.5 Å². The highest BCUT2D eigenvalue weighted by Crippen LogP contribution is 2.37. The van der Waals surface area contributed by atoms with Crippen LogP contribution in [0.2, 0.25) is 5.02 Å². The molecule has 19 heavy (non-hydrogen) atoms. The van der Waals surface area contributed by atoms with E-state index < -0.39 is 11.7 Å². The van der Waals surface area contributed by atoms with Crippen molar-refractivity contribution in [3.63, 3.8) is 0 Å². The van der Waals surface area contributed by atoms with Crippen molar-refractivity contribution < 1.29 is 17.9 Å². The molecule has 0 amide bonds. The van der Waals surface area contributed by atoms with Crippen molar-refractivity contribution >= 4 is 23.1 Å². The van der Waals surface area contributed by atoms with Gasteiger partial charge in [0, 0.05) is 11.6 Å². The SMILES string of the molecule is CCCOCC(N)=Nc1ccc(Cl)cc1C(F)(F)F. The van der Waals surface area contributed by atoms with E-state index in [1.54, 1.807) is 0 Å². The molecule has 0 aliphatic heterocycles. The summed E-state index contributed by atoms with van der Waals surface area (Å²) in [4.78, 5) is 3.73. The minimum atomic E-state index is -4.53. The van der Waals surface area contributed by atoms with Gasteiger partial charge in [0.2, 0.25) is 0 Å². The van der Waals surface area contributed by atoms with Crippen LogP contribution in [-0.4, -0.2) is 19.0 Å². The van der Waals surface area contributed by atoms with Crippen LogP contribution in [0.1, 0.15) is 18.9 Å². The van der Waals surface area contributed by atoms with Crippen molar-refractivity contribution in [1.82, 2.24) is 0 Å². The summed E-state index contributed by atoms with van der Waals surface area (Å²) in [6.07, 6.45) is -3.74. The quantitative estimate of drug-likeness (QED) is 0.510. The summed E-state index contributed by atoms with van der Waals surface area (Å²) in [7, 11) is 0. The van der Waals surface area contributed by atoms with Crippen LogP contribution in [0.5, 0.6) is 0 Å². The fourth-order valence-corrected chi connectivity index (χ4v) is 1.51. The highest BCUT2D eigenvalue weighted by molar-refractivity contribution is 6.30. The van der Waals surface area contributed by atoms with Gasteiger partial charge in [0.1, 0.15) is 12.4 Å². The van der Waals surface area contributed by atoms with Crippen molar-refractivity contribution in [2.45, 2.75) is 19.5 Å². The number of hydrogen-bond donors (Lipinski definition) is 1. The predicted molar refractivity (Wildman–Crippen MR) is 68.8 cm³/mol. The molecule has 0 saturated heterocycles. The Morgan fingerprint density at radius 2 is 2.11 bits per heavy atom. The highest BCUT2D eigenvalue weighted by atomic mass is 35.5. The Kier molecular flexibility index (Phi) is 5.62. The molecule has 0 bridgehead atoms. The molecule has 0 atom stereocenters. The Morgan fingerprint density at radius 3 is 2.68 bits per heavy atom. The molecule has 0 aliphatic carbocycles. The van der Waals surface area contributed by atoms with Gasteiger partial charge in [-0.1, -0.05) is 18.5 Å². The second-order valence-electron chi connectivity index (χ2n) is 3.81. The Labute approximate surface area is 114 Å². The number of ether oxygens (including phenoxy) is 1. The zero-order valence-electron chi connectivity index (χ0n) is 10.3. The molecule has 0 saturated carbocycles. The van der Waals surface area contributed by atoms with Gasteiger partial charge in [0.25, 0.3) is 0 Å². The summed E-state index contributed by atoms with van der Waals surface area (Å²) in [6.45, 7) is 2.38. The van der Waals surface area contributed by atoms with Gasteiger partial charge in [0.05, 0.1) is 11.3 Å². The minimum absolute atomic E-state index is 0.00619. The molecule has 1 aromatic rings. The molecule has 0 aromatic heterocycles. The molecule has 106 valence electrons. The van der Waals surface area contributed by atoms with Gasteiger partial charge in [0.15, 0.2) is 0 Å². The summed E-state index contributed by atoms with van der Waals surface area (Å²) in [5.41, 5.74) is 4.33. The zero-order chi connectivity index (χ0) is 14.5. The number of amidine groups is 1. The lowest BCUT2D eigenvalue weighted by Gasteiger charge is -2.11. The number of halogens is 4. The number of rotatable bonds is 5. The summed E-state index contributed by atoms with van der Waals surface area (Å²) in [5.74, 6) is -0.0127. The Balaban J connectivity index is 2.97. The summed E-state index contributed by atoms with van der Waals surface area (Å²) in [5, 5.41) is -0.00733. The van der Waals surface area contributed by atoms with E-state index in [1.807, 2.05) is 6.92 Å². The molecule has 0 spiro atoms. The van der Waals surface area contributed by atoms with Gasteiger partial charge in [-0.2, -0.15) is 13.2 Å². The lowest BCUT2D eigenvalue weighted by atomic mass is 10.2. The molecule has 3 nitrogen and oxygen atoms in total. The second-order valence-corrected chi connectivity index (χ2v) is 4.25. The van der Waals surface area contributed by atoms with Crippen LogP contribution < -0.4 is 5.73 Å². The van der Waals surface area contributed by atoms with Crippen LogP contribution in [0.25, 0.3) is 0 Å². The van der Waals surface area contributed by atoms with E-state index in [4.69, 9.17) is 22.1 Å². The number of nitrogens with two attached hydrogens (primary N) is 1. The number of alkyl halides is 3. The van der Waals surface area contributed by atoms with Crippen LogP contribution >= 0.6 is 11.6 Å². The molecule has 2 N–H and O–H groups in total. The number of nitrogens with zero attached hydrogens (tertiary/aromatic N) is 1. The van der Waals surface area contributed by atoms with Crippen molar-refractivity contribution in [3.8, 4) is 0 Å². The van der Waals surface area contributed by atoms with Gasteiger partial charge >= 0.3 is 6.18 Å². The molecule has 1 rings (SSSR count). The van der Waals surface area contributed by atoms with Crippen molar-refractivity contribution in [2.24, 2.45) is 10.7 Å². The largest absolute Gasteiger partial charge is 0.418 e. The van der Waals surface area contributed by atoms with Crippen molar-refractivity contribution in [2.75, 3.05) is 13.2 Å². The Bertz CT molecular complexity index is 461. The number of benzene rings is 1. The van der Waals surface area contributed by atoms with Crippen LogP contribution in [0.3, 0.4) is 0 Å². The van der Waals surface area contributed by atoms with Crippen molar-refractivity contribution in [1.29, 1.82) is 0 Å². The first kappa shape index (κ1) is 15.8. The zero-order valence-corrected chi connectivity index (χ0v) is 11.1. The maximum atomic E-state index is 12.8. The molecule has 0 radical (unpaired) electrons. The van der Waals surface area contributed by atoms with Gasteiger partial charge in [-0.25, -0.2) is 4.99 Å². The van der Waals surface area contributed by atoms with Crippen LogP contribution in [0, 0.1) is 0 Å². The predicted octanol–water partition coefficient (Wildman–Crippen LogP) is 3.77. The molecule has 1 aromatic carbocycles. The Morgan fingerprint density at radius 1 is 1.42 bits per heavy atom. The molecule has 7 heteroatoms. The second kappa shape index (κ2) is 6.77. The lowest BCUT2D eigenvalue weighted by molar-refractivity contribution is -0.137. The van der Waals surface area contributed by atoms with Gasteiger partial charge in [-0.05, 0) is 24.6 Å². The van der Waals surface area contributed by atoms with Crippen molar-refractivity contribution in [3.05, 3.63) is 28.8 Å². The lowest BCUT2D eigenvalue weighted by Crippen LogP contribution is -2.19. The highest BCUT2D eigenvalue weighted by Gasteiger charge is 2.33. The minimum Gasteiger partial charge on any atom is -0.385 e. The van der Waals surface area contributed by atoms with E-state index in [-0.39, 0.29) is 23.2 Å². The molecular formula is C12H14ClF3N2O. The van der Waals surface area contributed by atoms with E-state index in [9.17, 15) is 13.2 Å². The summed E-state index contributed by atoms with van der Waals surface area (Å²) in [6, 6.07) is 3.33. The van der Waals surface area contributed by atoms with Crippen LogP contribution in [0.4, 0.5) is 18.9 Å². The summed E-state index contributed by atoms with van der Waals surface area (Å²) >= 11 is 5.56. The molecule has 0 aliphatic rings. The van der Waals surface area contributed by atoms with E-state index >= 15 is 0 Å². The van der Waals surface area contributed by atoms with Gasteiger partial charge in [-0.3, -0.25) is 0 Å². The monoisotopic (exact) mass is 294 g/mol. The molecule has 0 fully saturated rings. The molecule has 0 heterocycles. The Hall–Kier alpha value is -1.27. The third-order valence-corrected chi connectivity index (χ3v) is 2.36. The number of aliphatic imine (C=N–C) groups is 1. The average Bonchev–Trinajstić information content (AvgIpc) is 2.30. The normalized spacial score (nSPS) is 12.8. The summed E-state index contributed by atoms with van der Waals surface area (Å²) < 4.78 is 43.5. The average molecular weight is 295 g/mol. The first-order valence-corrected chi connectivity index (χ1v) is 6.00. The van der Waals surface area contributed by atoms with Gasteiger partial charge in [-0.15, -0.1) is 0 Å². The van der Waals surface area contributed by atoms with E-state index in [2.05, 4.69) is 4.99 Å². The first-order chi connectivity index (χ1) is 8.84.